The van der Waals surface area contributed by atoms with Crippen molar-refractivity contribution in [3.05, 3.63) is 47.3 Å². The van der Waals surface area contributed by atoms with Gasteiger partial charge in [-0.05, 0) is 25.5 Å². The minimum absolute atomic E-state index is 0.106. The molecule has 1 aliphatic rings. The fourth-order valence-corrected chi connectivity index (χ4v) is 3.06. The van der Waals surface area contributed by atoms with Crippen LogP contribution in [0.3, 0.4) is 0 Å². The summed E-state index contributed by atoms with van der Waals surface area (Å²) in [5.74, 6) is -1.07. The van der Waals surface area contributed by atoms with Crippen LogP contribution in [0.25, 0.3) is 5.69 Å². The number of amides is 1. The SMILES string of the molecule is Cc1ccccc1-n1ncc(C(=O)N2CCO[C@@H](CC(=O)O)C2)c1C. The minimum atomic E-state index is -0.928. The molecule has 0 unspecified atom stereocenters. The molecule has 0 bridgehead atoms. The quantitative estimate of drug-likeness (QED) is 0.915. The normalized spacial score (nSPS) is 17.5. The molecule has 2 aromatic rings. The van der Waals surface area contributed by atoms with Crippen molar-refractivity contribution in [3.8, 4) is 5.69 Å². The van der Waals surface area contributed by atoms with Gasteiger partial charge >= 0.3 is 5.97 Å². The summed E-state index contributed by atoms with van der Waals surface area (Å²) in [5.41, 5.74) is 3.30. The zero-order valence-electron chi connectivity index (χ0n) is 14.3. The third-order valence-corrected chi connectivity index (χ3v) is 4.41. The maximum atomic E-state index is 12.9. The van der Waals surface area contributed by atoms with Gasteiger partial charge in [0.1, 0.15) is 0 Å². The molecule has 2 heterocycles. The molecule has 1 fully saturated rings. The van der Waals surface area contributed by atoms with Gasteiger partial charge in [0, 0.05) is 13.1 Å². The number of morpholine rings is 1. The standard InChI is InChI=1S/C18H21N3O4/c1-12-5-3-4-6-16(12)21-13(2)15(10-19-21)18(24)20-7-8-25-14(11-20)9-17(22)23/h3-6,10,14H,7-9,11H2,1-2H3,(H,22,23)/t14-/m0/s1. The molecule has 0 aliphatic carbocycles. The Labute approximate surface area is 145 Å². The van der Waals surface area contributed by atoms with E-state index in [-0.39, 0.29) is 18.9 Å². The van der Waals surface area contributed by atoms with E-state index < -0.39 is 12.1 Å². The summed E-state index contributed by atoms with van der Waals surface area (Å²) in [7, 11) is 0. The van der Waals surface area contributed by atoms with Crippen LogP contribution in [0.15, 0.2) is 30.5 Å². The number of aromatic nitrogens is 2. The van der Waals surface area contributed by atoms with E-state index in [1.54, 1.807) is 15.8 Å². The first kappa shape index (κ1) is 17.2. The monoisotopic (exact) mass is 343 g/mol. The van der Waals surface area contributed by atoms with Crippen LogP contribution in [-0.4, -0.2) is 57.5 Å². The smallest absolute Gasteiger partial charge is 0.306 e. The van der Waals surface area contributed by atoms with E-state index in [4.69, 9.17) is 9.84 Å². The van der Waals surface area contributed by atoms with Crippen LogP contribution in [0.1, 0.15) is 28.0 Å². The molecule has 1 aromatic carbocycles. The number of nitrogens with zero attached hydrogens (tertiary/aromatic N) is 3. The summed E-state index contributed by atoms with van der Waals surface area (Å²) < 4.78 is 7.19. The second kappa shape index (κ2) is 7.06. The van der Waals surface area contributed by atoms with Crippen molar-refractivity contribution in [3.63, 3.8) is 0 Å². The van der Waals surface area contributed by atoms with E-state index in [0.29, 0.717) is 18.7 Å². The molecule has 7 heteroatoms. The summed E-state index contributed by atoms with van der Waals surface area (Å²) in [5, 5.41) is 13.3. The molecule has 25 heavy (non-hydrogen) atoms. The number of carbonyl (C=O) groups excluding carboxylic acids is 1. The summed E-state index contributed by atoms with van der Waals surface area (Å²) in [4.78, 5) is 25.4. The molecule has 1 saturated heterocycles. The van der Waals surface area contributed by atoms with Gasteiger partial charge in [0.2, 0.25) is 0 Å². The van der Waals surface area contributed by atoms with E-state index in [1.165, 1.54) is 0 Å². The van der Waals surface area contributed by atoms with Crippen molar-refractivity contribution in [2.24, 2.45) is 0 Å². The highest BCUT2D eigenvalue weighted by molar-refractivity contribution is 5.95. The molecular weight excluding hydrogens is 322 g/mol. The van der Waals surface area contributed by atoms with Gasteiger partial charge in [-0.2, -0.15) is 5.10 Å². The maximum Gasteiger partial charge on any atom is 0.306 e. The largest absolute Gasteiger partial charge is 0.481 e. The van der Waals surface area contributed by atoms with Gasteiger partial charge in [0.15, 0.2) is 0 Å². The number of hydrogen-bond acceptors (Lipinski definition) is 4. The molecule has 3 rings (SSSR count). The lowest BCUT2D eigenvalue weighted by molar-refractivity contribution is -0.141. The lowest BCUT2D eigenvalue weighted by atomic mass is 10.1. The van der Waals surface area contributed by atoms with Gasteiger partial charge in [0.25, 0.3) is 5.91 Å². The summed E-state index contributed by atoms with van der Waals surface area (Å²) in [6.45, 7) is 4.93. The van der Waals surface area contributed by atoms with Crippen molar-refractivity contribution in [2.75, 3.05) is 19.7 Å². The van der Waals surface area contributed by atoms with Gasteiger partial charge in [-0.15, -0.1) is 0 Å². The maximum absolute atomic E-state index is 12.9. The van der Waals surface area contributed by atoms with Crippen molar-refractivity contribution in [1.29, 1.82) is 0 Å². The molecule has 132 valence electrons. The van der Waals surface area contributed by atoms with E-state index in [9.17, 15) is 9.59 Å². The molecule has 0 spiro atoms. The number of carboxylic acid groups (broad SMARTS) is 1. The number of ether oxygens (including phenoxy) is 1. The number of aryl methyl sites for hydroxylation is 1. The second-order valence-corrected chi connectivity index (χ2v) is 6.18. The van der Waals surface area contributed by atoms with Gasteiger partial charge in [-0.25, -0.2) is 4.68 Å². The molecule has 1 amide bonds. The Hall–Kier alpha value is -2.67. The first-order valence-electron chi connectivity index (χ1n) is 8.20. The van der Waals surface area contributed by atoms with Crippen molar-refractivity contribution >= 4 is 11.9 Å². The van der Waals surface area contributed by atoms with Crippen LogP contribution < -0.4 is 0 Å². The molecule has 0 saturated carbocycles. The third kappa shape index (κ3) is 3.56. The average molecular weight is 343 g/mol. The second-order valence-electron chi connectivity index (χ2n) is 6.18. The van der Waals surface area contributed by atoms with Crippen LogP contribution in [0.4, 0.5) is 0 Å². The van der Waals surface area contributed by atoms with Crippen LogP contribution in [0.2, 0.25) is 0 Å². The number of rotatable bonds is 4. The first-order chi connectivity index (χ1) is 12.0. The Bertz CT molecular complexity index is 799. The average Bonchev–Trinajstić information content (AvgIpc) is 2.96. The molecule has 1 aromatic heterocycles. The fourth-order valence-electron chi connectivity index (χ4n) is 3.06. The van der Waals surface area contributed by atoms with Gasteiger partial charge in [0.05, 0.1) is 42.3 Å². The van der Waals surface area contributed by atoms with E-state index in [0.717, 1.165) is 16.9 Å². The third-order valence-electron chi connectivity index (χ3n) is 4.41. The Morgan fingerprint density at radius 3 is 2.80 bits per heavy atom. The van der Waals surface area contributed by atoms with Crippen molar-refractivity contribution < 1.29 is 19.4 Å². The number of hydrogen-bond donors (Lipinski definition) is 1. The predicted molar refractivity (Wildman–Crippen MR) is 90.9 cm³/mol. The molecular formula is C18H21N3O4. The number of aliphatic carboxylic acids is 1. The van der Waals surface area contributed by atoms with E-state index in [2.05, 4.69) is 5.10 Å². The highest BCUT2D eigenvalue weighted by Gasteiger charge is 2.28. The molecule has 7 nitrogen and oxygen atoms in total. The molecule has 1 aliphatic heterocycles. The highest BCUT2D eigenvalue weighted by Crippen LogP contribution is 2.20. The summed E-state index contributed by atoms with van der Waals surface area (Å²) in [6, 6.07) is 7.85. The summed E-state index contributed by atoms with van der Waals surface area (Å²) >= 11 is 0. The van der Waals surface area contributed by atoms with Crippen LogP contribution >= 0.6 is 0 Å². The zero-order chi connectivity index (χ0) is 18.0. The fraction of sp³-hybridized carbons (Fsp3) is 0.389. The van der Waals surface area contributed by atoms with E-state index >= 15 is 0 Å². The Balaban J connectivity index is 1.82. The first-order valence-corrected chi connectivity index (χ1v) is 8.20. The van der Waals surface area contributed by atoms with Crippen molar-refractivity contribution in [1.82, 2.24) is 14.7 Å². The lowest BCUT2D eigenvalue weighted by Crippen LogP contribution is -2.46. The van der Waals surface area contributed by atoms with Crippen LogP contribution in [0, 0.1) is 13.8 Å². The Kier molecular flexibility index (Phi) is 4.85. The minimum Gasteiger partial charge on any atom is -0.481 e. The summed E-state index contributed by atoms with van der Waals surface area (Å²) in [6.07, 6.45) is 0.999. The highest BCUT2D eigenvalue weighted by atomic mass is 16.5. The van der Waals surface area contributed by atoms with Crippen molar-refractivity contribution in [2.45, 2.75) is 26.4 Å². The topological polar surface area (TPSA) is 84.7 Å². The van der Waals surface area contributed by atoms with Gasteiger partial charge in [-0.3, -0.25) is 9.59 Å². The van der Waals surface area contributed by atoms with Gasteiger partial charge in [-0.1, -0.05) is 18.2 Å². The number of carbonyl (C=O) groups is 2. The number of para-hydroxylation sites is 1. The van der Waals surface area contributed by atoms with Gasteiger partial charge < -0.3 is 14.7 Å². The molecule has 1 atom stereocenters. The predicted octanol–water partition coefficient (Wildman–Crippen LogP) is 1.80. The Morgan fingerprint density at radius 2 is 2.08 bits per heavy atom. The zero-order valence-corrected chi connectivity index (χ0v) is 14.3. The molecule has 1 N–H and O–H groups in total. The number of carboxylic acids is 1. The molecule has 0 radical (unpaired) electrons. The van der Waals surface area contributed by atoms with Crippen LogP contribution in [-0.2, 0) is 9.53 Å². The van der Waals surface area contributed by atoms with Crippen LogP contribution in [0.5, 0.6) is 0 Å². The Morgan fingerprint density at radius 1 is 1.32 bits per heavy atom. The lowest BCUT2D eigenvalue weighted by Gasteiger charge is -2.32. The van der Waals surface area contributed by atoms with E-state index in [1.807, 2.05) is 38.1 Å². The number of benzene rings is 1.